The summed E-state index contributed by atoms with van der Waals surface area (Å²) in [6.45, 7) is 0. The van der Waals surface area contributed by atoms with Gasteiger partial charge in [0, 0.05) is 6.42 Å². The van der Waals surface area contributed by atoms with Gasteiger partial charge in [-0.05, 0) is 41.0 Å². The molecule has 0 aromatic heterocycles. The van der Waals surface area contributed by atoms with E-state index in [1.54, 1.807) is 0 Å². The zero-order chi connectivity index (χ0) is 28.8. The van der Waals surface area contributed by atoms with Gasteiger partial charge in [-0.15, -0.1) is 13.2 Å². The lowest BCUT2D eigenvalue weighted by Gasteiger charge is -2.32. The van der Waals surface area contributed by atoms with Crippen LogP contribution in [0.3, 0.4) is 0 Å². The van der Waals surface area contributed by atoms with Crippen molar-refractivity contribution in [3.63, 3.8) is 0 Å². The number of benzene rings is 3. The van der Waals surface area contributed by atoms with E-state index in [9.17, 15) is 44.6 Å². The Morgan fingerprint density at radius 3 is 1.97 bits per heavy atom. The molecule has 4 nitrogen and oxygen atoms in total. The van der Waals surface area contributed by atoms with Crippen LogP contribution >= 0.6 is 11.6 Å². The number of ether oxygens (including phenoxy) is 1. The fourth-order valence-electron chi connectivity index (χ4n) is 4.11. The number of hydrogen-bond donors (Lipinski definition) is 1. The first-order chi connectivity index (χ1) is 18.0. The van der Waals surface area contributed by atoms with Gasteiger partial charge in [0.15, 0.2) is 0 Å². The van der Waals surface area contributed by atoms with Gasteiger partial charge < -0.3 is 9.84 Å². The Morgan fingerprint density at radius 1 is 0.795 bits per heavy atom. The number of halogens is 10. The summed E-state index contributed by atoms with van der Waals surface area (Å²) in [5.41, 5.74) is -5.91. The molecule has 0 aliphatic carbocycles. The van der Waals surface area contributed by atoms with E-state index in [4.69, 9.17) is 11.6 Å². The summed E-state index contributed by atoms with van der Waals surface area (Å²) in [7, 11) is 0. The van der Waals surface area contributed by atoms with Crippen molar-refractivity contribution >= 4 is 23.0 Å². The highest BCUT2D eigenvalue weighted by atomic mass is 35.5. The van der Waals surface area contributed by atoms with Crippen LogP contribution in [-0.2, 0) is 0 Å². The van der Waals surface area contributed by atoms with Crippen molar-refractivity contribution < 1.29 is 49.4 Å². The minimum Gasteiger partial charge on any atom is -0.406 e. The van der Waals surface area contributed by atoms with Gasteiger partial charge in [0.2, 0.25) is 0 Å². The van der Waals surface area contributed by atoms with Gasteiger partial charge >= 0.3 is 18.7 Å². The van der Waals surface area contributed by atoms with Gasteiger partial charge in [-0.3, -0.25) is 5.01 Å². The molecule has 14 heteroatoms. The van der Waals surface area contributed by atoms with Gasteiger partial charge in [0.05, 0.1) is 22.5 Å². The fourth-order valence-corrected chi connectivity index (χ4v) is 4.33. The van der Waals surface area contributed by atoms with E-state index >= 15 is 0 Å². The molecule has 1 N–H and O–H groups in total. The van der Waals surface area contributed by atoms with Crippen molar-refractivity contribution in [3.05, 3.63) is 83.4 Å². The zero-order valence-corrected chi connectivity index (χ0v) is 20.0. The molecule has 0 saturated carbocycles. The number of para-hydroxylation sites is 1. The molecule has 0 radical (unpaired) electrons. The van der Waals surface area contributed by atoms with Crippen LogP contribution in [-0.4, -0.2) is 35.1 Å². The Hall–Kier alpha value is -3.45. The number of rotatable bonds is 5. The maximum Gasteiger partial charge on any atom is 0.573 e. The Bertz CT molecular complexity index is 1360. The van der Waals surface area contributed by atoms with E-state index in [2.05, 4.69) is 9.84 Å². The summed E-state index contributed by atoms with van der Waals surface area (Å²) < 4.78 is 123. The molecule has 0 spiro atoms. The predicted octanol–water partition coefficient (Wildman–Crippen LogP) is 8.07. The van der Waals surface area contributed by atoms with Crippen molar-refractivity contribution in [2.24, 2.45) is 5.10 Å². The van der Waals surface area contributed by atoms with Crippen LogP contribution in [0.25, 0.3) is 11.1 Å². The van der Waals surface area contributed by atoms with Gasteiger partial charge in [-0.25, -0.2) is 0 Å². The second-order valence-corrected chi connectivity index (χ2v) is 8.87. The van der Waals surface area contributed by atoms with Crippen LogP contribution in [0, 0.1) is 0 Å². The Balaban J connectivity index is 1.73. The molecule has 0 fully saturated rings. The van der Waals surface area contributed by atoms with Crippen LogP contribution < -0.4 is 9.75 Å². The zero-order valence-electron chi connectivity index (χ0n) is 19.2. The standard InChI is InChI=1S/C25H16ClF9N2O2/c26-18-6-1-2-7-19(18)37-20(13-21(36-37)22(38,23(27,28)29)24(30,31)32)15-10-8-14(9-11-15)16-4-3-5-17(12-16)39-25(33,34)35/h1-12,20,38H,13H2. The molecule has 0 saturated heterocycles. The lowest BCUT2D eigenvalue weighted by molar-refractivity contribution is -0.338. The van der Waals surface area contributed by atoms with E-state index < -0.39 is 48.2 Å². The van der Waals surface area contributed by atoms with Gasteiger partial charge in [-0.2, -0.15) is 31.4 Å². The first kappa shape index (κ1) is 28.6. The second kappa shape index (κ2) is 9.94. The van der Waals surface area contributed by atoms with Gasteiger partial charge in [0.25, 0.3) is 5.60 Å². The van der Waals surface area contributed by atoms with Crippen molar-refractivity contribution in [1.29, 1.82) is 0 Å². The van der Waals surface area contributed by atoms with Crippen molar-refractivity contribution in [1.82, 2.24) is 0 Å². The first-order valence-electron chi connectivity index (χ1n) is 10.9. The second-order valence-electron chi connectivity index (χ2n) is 8.47. The normalized spacial score (nSPS) is 16.8. The summed E-state index contributed by atoms with van der Waals surface area (Å²) in [6.07, 6.45) is -18.1. The molecule has 208 valence electrons. The SMILES string of the molecule is OC(C1=NN(c2ccccc2Cl)C(c2ccc(-c3cccc(OC(F)(F)F)c3)cc2)C1)(C(F)(F)F)C(F)(F)F. The van der Waals surface area contributed by atoms with Crippen molar-refractivity contribution in [2.45, 2.75) is 36.8 Å². The molecule has 0 bridgehead atoms. The summed E-state index contributed by atoms with van der Waals surface area (Å²) in [5, 5.41) is 14.4. The van der Waals surface area contributed by atoms with Gasteiger partial charge in [-0.1, -0.05) is 60.1 Å². The largest absolute Gasteiger partial charge is 0.573 e. The number of alkyl halides is 9. The van der Waals surface area contributed by atoms with Crippen LogP contribution in [0.2, 0.25) is 5.02 Å². The summed E-state index contributed by atoms with van der Waals surface area (Å²) >= 11 is 6.15. The number of hydrogen-bond acceptors (Lipinski definition) is 4. The maximum atomic E-state index is 13.6. The molecular weight excluding hydrogens is 567 g/mol. The highest BCUT2D eigenvalue weighted by Gasteiger charge is 2.74. The van der Waals surface area contributed by atoms with Crippen molar-refractivity contribution in [2.75, 3.05) is 5.01 Å². The molecule has 3 aromatic carbocycles. The highest BCUT2D eigenvalue weighted by Crippen LogP contribution is 2.49. The molecule has 3 aromatic rings. The Labute approximate surface area is 219 Å². The van der Waals surface area contributed by atoms with Crippen LogP contribution in [0.1, 0.15) is 18.0 Å². The lowest BCUT2D eigenvalue weighted by atomic mass is 9.89. The molecule has 0 amide bonds. The third-order valence-corrected chi connectivity index (χ3v) is 6.26. The number of nitrogens with zero attached hydrogens (tertiary/aromatic N) is 2. The minimum absolute atomic E-state index is 0.00746. The van der Waals surface area contributed by atoms with E-state index in [1.165, 1.54) is 60.7 Å². The Morgan fingerprint density at radius 2 is 1.41 bits per heavy atom. The summed E-state index contributed by atoms with van der Waals surface area (Å²) in [6, 6.07) is 15.0. The van der Waals surface area contributed by atoms with Crippen molar-refractivity contribution in [3.8, 4) is 16.9 Å². The minimum atomic E-state index is -6.13. The molecule has 1 unspecified atom stereocenters. The van der Waals surface area contributed by atoms with Crippen LogP contribution in [0.15, 0.2) is 77.9 Å². The highest BCUT2D eigenvalue weighted by molar-refractivity contribution is 6.33. The topological polar surface area (TPSA) is 45.1 Å². The lowest BCUT2D eigenvalue weighted by Crippen LogP contribution is -2.62. The molecule has 4 rings (SSSR count). The number of aliphatic hydroxyl groups is 1. The summed E-state index contributed by atoms with van der Waals surface area (Å²) in [4.78, 5) is 0. The van der Waals surface area contributed by atoms with E-state index in [-0.39, 0.29) is 16.3 Å². The Kier molecular flexibility index (Phi) is 7.28. The molecule has 1 atom stereocenters. The summed E-state index contributed by atoms with van der Waals surface area (Å²) in [5.74, 6) is -0.485. The number of hydrazone groups is 1. The molecule has 1 heterocycles. The maximum absolute atomic E-state index is 13.6. The molecule has 1 aliphatic rings. The van der Waals surface area contributed by atoms with E-state index in [0.717, 1.165) is 17.1 Å². The quantitative estimate of drug-likeness (QED) is 0.310. The first-order valence-corrected chi connectivity index (χ1v) is 11.3. The fraction of sp³-hybridized carbons (Fsp3) is 0.240. The number of anilines is 1. The average Bonchev–Trinajstić information content (AvgIpc) is 3.27. The van der Waals surface area contributed by atoms with E-state index in [1.807, 2.05) is 0 Å². The molecule has 39 heavy (non-hydrogen) atoms. The molecular formula is C25H16ClF9N2O2. The average molecular weight is 583 g/mol. The van der Waals surface area contributed by atoms with Gasteiger partial charge in [0.1, 0.15) is 5.75 Å². The monoisotopic (exact) mass is 582 g/mol. The van der Waals surface area contributed by atoms with Crippen LogP contribution in [0.5, 0.6) is 5.75 Å². The van der Waals surface area contributed by atoms with Crippen LogP contribution in [0.4, 0.5) is 45.2 Å². The smallest absolute Gasteiger partial charge is 0.406 e. The third kappa shape index (κ3) is 5.64. The molecule has 1 aliphatic heterocycles. The predicted molar refractivity (Wildman–Crippen MR) is 124 cm³/mol. The third-order valence-electron chi connectivity index (χ3n) is 5.94. The van der Waals surface area contributed by atoms with E-state index in [0.29, 0.717) is 11.1 Å².